The highest BCUT2D eigenvalue weighted by Crippen LogP contribution is 2.30. The lowest BCUT2D eigenvalue weighted by Gasteiger charge is -2.25. The van der Waals surface area contributed by atoms with E-state index in [-0.39, 0.29) is 5.91 Å². The zero-order valence-corrected chi connectivity index (χ0v) is 12.5. The summed E-state index contributed by atoms with van der Waals surface area (Å²) >= 11 is 0. The van der Waals surface area contributed by atoms with E-state index in [0.29, 0.717) is 29.5 Å². The number of rotatable bonds is 3. The molecule has 4 heteroatoms. The van der Waals surface area contributed by atoms with Crippen molar-refractivity contribution in [3.63, 3.8) is 0 Å². The molecule has 1 aromatic carbocycles. The fourth-order valence-electron chi connectivity index (χ4n) is 3.18. The minimum atomic E-state index is -0.0886. The average molecular weight is 284 g/mol. The van der Waals surface area contributed by atoms with E-state index in [1.165, 1.54) is 17.5 Å². The summed E-state index contributed by atoms with van der Waals surface area (Å²) in [4.78, 5) is 12.3. The summed E-state index contributed by atoms with van der Waals surface area (Å²) in [6.45, 7) is 4.23. The summed E-state index contributed by atoms with van der Waals surface area (Å²) < 4.78 is 5.05. The van der Waals surface area contributed by atoms with Gasteiger partial charge in [0, 0.05) is 12.5 Å². The molecule has 0 saturated heterocycles. The zero-order chi connectivity index (χ0) is 14.8. The van der Waals surface area contributed by atoms with Crippen molar-refractivity contribution >= 4 is 5.91 Å². The van der Waals surface area contributed by atoms with Crippen molar-refractivity contribution < 1.29 is 9.32 Å². The maximum Gasteiger partial charge on any atom is 0.256 e. The van der Waals surface area contributed by atoms with Crippen LogP contribution in [0.15, 0.2) is 28.8 Å². The smallest absolute Gasteiger partial charge is 0.256 e. The topological polar surface area (TPSA) is 55.1 Å². The average Bonchev–Trinajstić information content (AvgIpc) is 2.84. The van der Waals surface area contributed by atoms with E-state index in [1.54, 1.807) is 13.8 Å². The first-order valence-electron chi connectivity index (χ1n) is 7.45. The SMILES string of the molecule is Cc1noc(C)c1C(=O)NCC1CCCc2ccccc21. The van der Waals surface area contributed by atoms with Crippen molar-refractivity contribution in [3.05, 3.63) is 52.4 Å². The Kier molecular flexibility index (Phi) is 3.78. The Bertz CT molecular complexity index is 641. The van der Waals surface area contributed by atoms with Crippen LogP contribution in [0.3, 0.4) is 0 Å². The van der Waals surface area contributed by atoms with Gasteiger partial charge in [0.25, 0.3) is 5.91 Å². The van der Waals surface area contributed by atoms with Crippen LogP contribution in [0.1, 0.15) is 51.7 Å². The van der Waals surface area contributed by atoms with Crippen LogP contribution in [0.25, 0.3) is 0 Å². The van der Waals surface area contributed by atoms with Crippen LogP contribution in [-0.2, 0) is 6.42 Å². The van der Waals surface area contributed by atoms with Crippen LogP contribution in [0, 0.1) is 13.8 Å². The summed E-state index contributed by atoms with van der Waals surface area (Å²) in [6, 6.07) is 8.54. The number of hydrogen-bond donors (Lipinski definition) is 1. The number of hydrogen-bond acceptors (Lipinski definition) is 3. The van der Waals surface area contributed by atoms with Gasteiger partial charge >= 0.3 is 0 Å². The number of nitrogens with zero attached hydrogens (tertiary/aromatic N) is 1. The van der Waals surface area contributed by atoms with Crippen molar-refractivity contribution in [1.29, 1.82) is 0 Å². The van der Waals surface area contributed by atoms with Crippen molar-refractivity contribution in [2.45, 2.75) is 39.0 Å². The van der Waals surface area contributed by atoms with E-state index < -0.39 is 0 Å². The third kappa shape index (κ3) is 2.71. The molecule has 0 aliphatic heterocycles. The van der Waals surface area contributed by atoms with E-state index >= 15 is 0 Å². The van der Waals surface area contributed by atoms with Crippen molar-refractivity contribution in [3.8, 4) is 0 Å². The number of nitrogens with one attached hydrogen (secondary N) is 1. The van der Waals surface area contributed by atoms with Crippen LogP contribution in [0.5, 0.6) is 0 Å². The molecule has 1 atom stereocenters. The van der Waals surface area contributed by atoms with Crippen LogP contribution in [0.4, 0.5) is 0 Å². The van der Waals surface area contributed by atoms with Gasteiger partial charge in [0.05, 0.1) is 5.69 Å². The summed E-state index contributed by atoms with van der Waals surface area (Å²) in [5, 5.41) is 6.87. The number of fused-ring (bicyclic) bond motifs is 1. The Morgan fingerprint density at radius 2 is 2.19 bits per heavy atom. The molecular weight excluding hydrogens is 264 g/mol. The molecule has 1 amide bonds. The third-order valence-corrected chi connectivity index (χ3v) is 4.26. The summed E-state index contributed by atoms with van der Waals surface area (Å²) in [5.41, 5.74) is 4.01. The van der Waals surface area contributed by atoms with Crippen molar-refractivity contribution in [2.24, 2.45) is 0 Å². The molecule has 0 spiro atoms. The lowest BCUT2D eigenvalue weighted by Crippen LogP contribution is -2.30. The molecule has 2 aromatic rings. The molecule has 3 rings (SSSR count). The Morgan fingerprint density at radius 1 is 1.38 bits per heavy atom. The molecule has 0 fully saturated rings. The van der Waals surface area contributed by atoms with Gasteiger partial charge in [-0.05, 0) is 44.2 Å². The molecule has 21 heavy (non-hydrogen) atoms. The lowest BCUT2D eigenvalue weighted by molar-refractivity contribution is 0.0948. The summed E-state index contributed by atoms with van der Waals surface area (Å²) in [5.74, 6) is 0.891. The molecule has 0 saturated carbocycles. The zero-order valence-electron chi connectivity index (χ0n) is 12.5. The molecule has 1 aliphatic rings. The minimum absolute atomic E-state index is 0.0886. The molecule has 1 aromatic heterocycles. The van der Waals surface area contributed by atoms with Gasteiger partial charge in [0.1, 0.15) is 11.3 Å². The van der Waals surface area contributed by atoms with Gasteiger partial charge < -0.3 is 9.84 Å². The highest BCUT2D eigenvalue weighted by Gasteiger charge is 2.22. The summed E-state index contributed by atoms with van der Waals surface area (Å²) in [6.07, 6.45) is 3.45. The Hall–Kier alpha value is -2.10. The molecular formula is C17H20N2O2. The van der Waals surface area contributed by atoms with Crippen LogP contribution in [0.2, 0.25) is 0 Å². The predicted molar refractivity (Wildman–Crippen MR) is 80.4 cm³/mol. The molecule has 1 unspecified atom stereocenters. The monoisotopic (exact) mass is 284 g/mol. The normalized spacial score (nSPS) is 17.3. The molecule has 0 bridgehead atoms. The summed E-state index contributed by atoms with van der Waals surface area (Å²) in [7, 11) is 0. The van der Waals surface area contributed by atoms with E-state index in [2.05, 4.69) is 34.7 Å². The molecule has 4 nitrogen and oxygen atoms in total. The van der Waals surface area contributed by atoms with Crippen LogP contribution >= 0.6 is 0 Å². The number of carbonyl (C=O) groups is 1. The maximum atomic E-state index is 12.3. The van der Waals surface area contributed by atoms with Crippen molar-refractivity contribution in [2.75, 3.05) is 6.54 Å². The fraction of sp³-hybridized carbons (Fsp3) is 0.412. The Labute approximate surface area is 124 Å². The number of amides is 1. The van der Waals surface area contributed by atoms with Gasteiger partial charge in [-0.2, -0.15) is 0 Å². The fourth-order valence-corrected chi connectivity index (χ4v) is 3.18. The quantitative estimate of drug-likeness (QED) is 0.942. The number of aromatic nitrogens is 1. The molecule has 1 heterocycles. The van der Waals surface area contributed by atoms with Crippen molar-refractivity contribution in [1.82, 2.24) is 10.5 Å². The largest absolute Gasteiger partial charge is 0.361 e. The van der Waals surface area contributed by atoms with Gasteiger partial charge in [-0.3, -0.25) is 4.79 Å². The predicted octanol–water partition coefficient (Wildman–Crippen LogP) is 3.14. The number of carbonyl (C=O) groups excluding carboxylic acids is 1. The second kappa shape index (κ2) is 5.72. The van der Waals surface area contributed by atoms with Gasteiger partial charge in [-0.1, -0.05) is 29.4 Å². The maximum absolute atomic E-state index is 12.3. The highest BCUT2D eigenvalue weighted by atomic mass is 16.5. The molecule has 1 N–H and O–H groups in total. The third-order valence-electron chi connectivity index (χ3n) is 4.26. The molecule has 110 valence electrons. The molecule has 1 aliphatic carbocycles. The van der Waals surface area contributed by atoms with Gasteiger partial charge in [0.15, 0.2) is 0 Å². The molecule has 0 radical (unpaired) electrons. The Morgan fingerprint density at radius 3 is 2.95 bits per heavy atom. The number of aryl methyl sites for hydroxylation is 3. The lowest BCUT2D eigenvalue weighted by atomic mass is 9.83. The first-order valence-corrected chi connectivity index (χ1v) is 7.45. The van der Waals surface area contributed by atoms with Crippen LogP contribution in [-0.4, -0.2) is 17.6 Å². The van der Waals surface area contributed by atoms with Gasteiger partial charge in [0.2, 0.25) is 0 Å². The van der Waals surface area contributed by atoms with E-state index in [1.807, 2.05) is 0 Å². The first kappa shape index (κ1) is 13.9. The first-order chi connectivity index (χ1) is 10.2. The standard InChI is InChI=1S/C17H20N2O2/c1-11-16(12(2)21-19-11)17(20)18-10-14-8-5-7-13-6-3-4-9-15(13)14/h3-4,6,9,14H,5,7-8,10H2,1-2H3,(H,18,20). The van der Waals surface area contributed by atoms with Gasteiger partial charge in [-0.15, -0.1) is 0 Å². The van der Waals surface area contributed by atoms with E-state index in [0.717, 1.165) is 12.8 Å². The Balaban J connectivity index is 1.70. The van der Waals surface area contributed by atoms with Crippen LogP contribution < -0.4 is 5.32 Å². The second-order valence-electron chi connectivity index (χ2n) is 5.70. The van der Waals surface area contributed by atoms with Gasteiger partial charge in [-0.25, -0.2) is 0 Å². The minimum Gasteiger partial charge on any atom is -0.361 e. The second-order valence-corrected chi connectivity index (χ2v) is 5.70. The highest BCUT2D eigenvalue weighted by molar-refractivity contribution is 5.96. The van der Waals surface area contributed by atoms with E-state index in [4.69, 9.17) is 4.52 Å². The van der Waals surface area contributed by atoms with E-state index in [9.17, 15) is 4.79 Å². The number of benzene rings is 1.